The summed E-state index contributed by atoms with van der Waals surface area (Å²) in [6.07, 6.45) is 2.71. The number of hydrogen-bond donors (Lipinski definition) is 1. The Morgan fingerprint density at radius 1 is 1.40 bits per heavy atom. The Bertz CT molecular complexity index is 632. The standard InChI is InChI=1S/C13H13ClN4OS/c1-7(20-13-17-11(14)5-12(15)18-13)9-4-8-2-3-19-10(8)6-16-9/h4-7H,2-3H2,1H3,(H2,15,17,18). The molecule has 20 heavy (non-hydrogen) atoms. The number of pyridine rings is 1. The van der Waals surface area contributed by atoms with Gasteiger partial charge in [-0.25, -0.2) is 9.97 Å². The molecule has 0 aliphatic carbocycles. The van der Waals surface area contributed by atoms with Crippen LogP contribution in [0, 0.1) is 0 Å². The van der Waals surface area contributed by atoms with Gasteiger partial charge >= 0.3 is 0 Å². The van der Waals surface area contributed by atoms with Crippen molar-refractivity contribution in [1.82, 2.24) is 15.0 Å². The van der Waals surface area contributed by atoms with Crippen molar-refractivity contribution in [2.45, 2.75) is 23.8 Å². The minimum Gasteiger partial charge on any atom is -0.491 e. The number of anilines is 1. The van der Waals surface area contributed by atoms with Gasteiger partial charge < -0.3 is 10.5 Å². The summed E-state index contributed by atoms with van der Waals surface area (Å²) in [5.74, 6) is 1.25. The van der Waals surface area contributed by atoms with Gasteiger partial charge in [-0.05, 0) is 13.0 Å². The Morgan fingerprint density at radius 2 is 2.25 bits per heavy atom. The maximum atomic E-state index is 5.88. The van der Waals surface area contributed by atoms with E-state index in [9.17, 15) is 0 Å². The van der Waals surface area contributed by atoms with Gasteiger partial charge in [-0.2, -0.15) is 0 Å². The van der Waals surface area contributed by atoms with Crippen LogP contribution in [0.5, 0.6) is 5.75 Å². The van der Waals surface area contributed by atoms with Crippen molar-refractivity contribution < 1.29 is 4.74 Å². The minimum absolute atomic E-state index is 0.110. The molecule has 1 atom stereocenters. The third-order valence-corrected chi connectivity index (χ3v) is 4.17. The van der Waals surface area contributed by atoms with E-state index in [1.165, 1.54) is 23.4 Å². The van der Waals surface area contributed by atoms with Gasteiger partial charge in [0.15, 0.2) is 5.16 Å². The molecule has 2 N–H and O–H groups in total. The summed E-state index contributed by atoms with van der Waals surface area (Å²) in [6.45, 7) is 2.78. The molecule has 3 heterocycles. The Labute approximate surface area is 125 Å². The molecule has 2 aromatic rings. The Balaban J connectivity index is 1.80. The molecule has 0 amide bonds. The first-order chi connectivity index (χ1) is 9.61. The first-order valence-electron chi connectivity index (χ1n) is 6.20. The van der Waals surface area contributed by atoms with E-state index in [0.29, 0.717) is 16.1 Å². The Hall–Kier alpha value is -1.53. The van der Waals surface area contributed by atoms with Gasteiger partial charge in [0.05, 0.1) is 23.7 Å². The van der Waals surface area contributed by atoms with Gasteiger partial charge in [0.25, 0.3) is 0 Å². The van der Waals surface area contributed by atoms with Gasteiger partial charge in [0.1, 0.15) is 16.7 Å². The number of nitrogens with two attached hydrogens (primary N) is 1. The molecule has 0 fully saturated rings. The number of ether oxygens (including phenoxy) is 1. The molecular weight excluding hydrogens is 296 g/mol. The van der Waals surface area contributed by atoms with E-state index in [1.807, 2.05) is 0 Å². The second-order valence-corrected chi connectivity index (χ2v) is 6.17. The smallest absolute Gasteiger partial charge is 0.191 e. The molecular formula is C13H13ClN4OS. The lowest BCUT2D eigenvalue weighted by molar-refractivity contribution is 0.355. The zero-order valence-corrected chi connectivity index (χ0v) is 12.4. The number of halogens is 1. The van der Waals surface area contributed by atoms with Gasteiger partial charge in [-0.15, -0.1) is 0 Å². The van der Waals surface area contributed by atoms with Crippen LogP contribution in [0.25, 0.3) is 0 Å². The first kappa shape index (κ1) is 13.5. The van der Waals surface area contributed by atoms with Crippen molar-refractivity contribution in [3.8, 4) is 5.75 Å². The highest BCUT2D eigenvalue weighted by atomic mass is 35.5. The van der Waals surface area contributed by atoms with Crippen molar-refractivity contribution in [3.05, 3.63) is 34.7 Å². The highest BCUT2D eigenvalue weighted by molar-refractivity contribution is 7.99. The van der Waals surface area contributed by atoms with Crippen LogP contribution in [-0.2, 0) is 6.42 Å². The van der Waals surface area contributed by atoms with E-state index in [4.69, 9.17) is 22.1 Å². The summed E-state index contributed by atoms with van der Waals surface area (Å²) < 4.78 is 5.45. The number of fused-ring (bicyclic) bond motifs is 1. The molecule has 0 aromatic carbocycles. The summed E-state index contributed by atoms with van der Waals surface area (Å²) in [4.78, 5) is 12.7. The van der Waals surface area contributed by atoms with E-state index in [0.717, 1.165) is 24.5 Å². The molecule has 0 spiro atoms. The van der Waals surface area contributed by atoms with E-state index in [1.54, 1.807) is 6.20 Å². The lowest BCUT2D eigenvalue weighted by Crippen LogP contribution is -1.98. The van der Waals surface area contributed by atoms with Crippen molar-refractivity contribution in [3.63, 3.8) is 0 Å². The second-order valence-electron chi connectivity index (χ2n) is 4.47. The fourth-order valence-corrected chi connectivity index (χ4v) is 3.12. The van der Waals surface area contributed by atoms with Gasteiger partial charge in [-0.1, -0.05) is 23.4 Å². The highest BCUT2D eigenvalue weighted by Gasteiger charge is 2.17. The molecule has 0 radical (unpaired) electrons. The fraction of sp³-hybridized carbons (Fsp3) is 0.308. The third kappa shape index (κ3) is 2.81. The van der Waals surface area contributed by atoms with E-state index in [2.05, 4.69) is 27.9 Å². The monoisotopic (exact) mass is 308 g/mol. The van der Waals surface area contributed by atoms with Crippen LogP contribution in [0.2, 0.25) is 5.15 Å². The third-order valence-electron chi connectivity index (χ3n) is 2.99. The van der Waals surface area contributed by atoms with Gasteiger partial charge in [0.2, 0.25) is 0 Å². The first-order valence-corrected chi connectivity index (χ1v) is 7.46. The zero-order chi connectivity index (χ0) is 14.1. The minimum atomic E-state index is 0.110. The number of thioether (sulfide) groups is 1. The average Bonchev–Trinajstić information content (AvgIpc) is 2.84. The van der Waals surface area contributed by atoms with Crippen molar-refractivity contribution in [2.24, 2.45) is 0 Å². The van der Waals surface area contributed by atoms with Crippen molar-refractivity contribution in [1.29, 1.82) is 0 Å². The summed E-state index contributed by atoms with van der Waals surface area (Å²) >= 11 is 7.36. The number of nitrogens with zero attached hydrogens (tertiary/aromatic N) is 3. The fourth-order valence-electron chi connectivity index (χ4n) is 2.01. The number of rotatable bonds is 3. The molecule has 2 aromatic heterocycles. The molecule has 1 aliphatic heterocycles. The Kier molecular flexibility index (Phi) is 3.67. The predicted molar refractivity (Wildman–Crippen MR) is 79.2 cm³/mol. The van der Waals surface area contributed by atoms with Crippen LogP contribution >= 0.6 is 23.4 Å². The molecule has 104 valence electrons. The normalized spacial score (nSPS) is 14.7. The van der Waals surface area contributed by atoms with E-state index < -0.39 is 0 Å². The molecule has 1 aliphatic rings. The van der Waals surface area contributed by atoms with E-state index >= 15 is 0 Å². The highest BCUT2D eigenvalue weighted by Crippen LogP contribution is 2.35. The van der Waals surface area contributed by atoms with Crippen LogP contribution in [-0.4, -0.2) is 21.6 Å². The molecule has 5 nitrogen and oxygen atoms in total. The molecule has 0 saturated heterocycles. The van der Waals surface area contributed by atoms with Crippen molar-refractivity contribution >= 4 is 29.2 Å². The van der Waals surface area contributed by atoms with Crippen LogP contribution < -0.4 is 10.5 Å². The van der Waals surface area contributed by atoms with Crippen LogP contribution in [0.15, 0.2) is 23.5 Å². The number of aromatic nitrogens is 3. The molecule has 0 bridgehead atoms. The summed E-state index contributed by atoms with van der Waals surface area (Å²) in [7, 11) is 0. The summed E-state index contributed by atoms with van der Waals surface area (Å²) in [6, 6.07) is 3.61. The van der Waals surface area contributed by atoms with E-state index in [-0.39, 0.29) is 5.25 Å². The summed E-state index contributed by atoms with van der Waals surface area (Å²) in [5, 5.41) is 1.02. The second kappa shape index (κ2) is 5.46. The molecule has 7 heteroatoms. The largest absolute Gasteiger partial charge is 0.491 e. The van der Waals surface area contributed by atoms with Crippen LogP contribution in [0.1, 0.15) is 23.4 Å². The average molecular weight is 309 g/mol. The summed E-state index contributed by atoms with van der Waals surface area (Å²) in [5.41, 5.74) is 7.84. The predicted octanol–water partition coefficient (Wildman–Crippen LogP) is 2.90. The Morgan fingerprint density at radius 3 is 3.05 bits per heavy atom. The number of nitrogen functional groups attached to an aromatic ring is 1. The van der Waals surface area contributed by atoms with Gasteiger partial charge in [-0.3, -0.25) is 4.98 Å². The van der Waals surface area contributed by atoms with Crippen LogP contribution in [0.4, 0.5) is 5.82 Å². The maximum Gasteiger partial charge on any atom is 0.191 e. The van der Waals surface area contributed by atoms with Gasteiger partial charge in [0, 0.05) is 18.1 Å². The SMILES string of the molecule is CC(Sc1nc(N)cc(Cl)n1)c1cc2c(cn1)OCC2. The molecule has 1 unspecified atom stereocenters. The number of hydrogen-bond acceptors (Lipinski definition) is 6. The molecule has 3 rings (SSSR count). The lowest BCUT2D eigenvalue weighted by Gasteiger charge is -2.11. The molecule has 0 saturated carbocycles. The topological polar surface area (TPSA) is 73.9 Å². The van der Waals surface area contributed by atoms with Crippen molar-refractivity contribution in [2.75, 3.05) is 12.3 Å². The maximum absolute atomic E-state index is 5.88. The quantitative estimate of drug-likeness (QED) is 0.534. The zero-order valence-electron chi connectivity index (χ0n) is 10.8. The van der Waals surface area contributed by atoms with Crippen LogP contribution in [0.3, 0.4) is 0 Å². The lowest BCUT2D eigenvalue weighted by atomic mass is 10.1.